The van der Waals surface area contributed by atoms with Gasteiger partial charge in [-0.3, -0.25) is 4.79 Å². The van der Waals surface area contributed by atoms with Gasteiger partial charge in [-0.05, 0) is 18.2 Å². The second-order valence-electron chi connectivity index (χ2n) is 3.59. The van der Waals surface area contributed by atoms with E-state index in [4.69, 9.17) is 10.5 Å². The molecular formula is C11H13N3O2S. The Balaban J connectivity index is 2.09. The average molecular weight is 251 g/mol. The number of rotatable bonds is 4. The fraction of sp³-hybridized carbons (Fsp3) is 0.273. The molecule has 2 rings (SSSR count). The number of hydrogen-bond donors (Lipinski definition) is 2. The predicted molar refractivity (Wildman–Crippen MR) is 68.1 cm³/mol. The molecule has 0 aliphatic carbocycles. The fourth-order valence-corrected chi connectivity index (χ4v) is 2.08. The molecule has 17 heavy (non-hydrogen) atoms. The topological polar surface area (TPSA) is 77.2 Å². The quantitative estimate of drug-likeness (QED) is 0.856. The van der Waals surface area contributed by atoms with E-state index in [0.717, 1.165) is 10.2 Å². The number of hydrogen-bond acceptors (Lipinski definition) is 5. The molecule has 90 valence electrons. The van der Waals surface area contributed by atoms with E-state index in [1.165, 1.54) is 7.11 Å². The molecule has 0 saturated heterocycles. The van der Waals surface area contributed by atoms with Crippen LogP contribution < -0.4 is 11.1 Å². The maximum atomic E-state index is 11.6. The monoisotopic (exact) mass is 251 g/mol. The summed E-state index contributed by atoms with van der Waals surface area (Å²) < 4.78 is 5.91. The minimum Gasteiger partial charge on any atom is -0.383 e. The minimum atomic E-state index is -0.661. The predicted octanol–water partition coefficient (Wildman–Crippen LogP) is 1.21. The van der Waals surface area contributed by atoms with Gasteiger partial charge in [-0.2, -0.15) is 0 Å². The van der Waals surface area contributed by atoms with Crippen LogP contribution in [0.15, 0.2) is 23.7 Å². The Morgan fingerprint density at radius 1 is 1.65 bits per heavy atom. The molecular weight excluding hydrogens is 238 g/mol. The molecule has 1 aromatic heterocycles. The second-order valence-corrected chi connectivity index (χ2v) is 4.47. The van der Waals surface area contributed by atoms with Gasteiger partial charge in [-0.15, -0.1) is 11.3 Å². The number of benzene rings is 1. The van der Waals surface area contributed by atoms with E-state index in [0.29, 0.717) is 5.69 Å². The van der Waals surface area contributed by atoms with Gasteiger partial charge in [0, 0.05) is 12.8 Å². The van der Waals surface area contributed by atoms with Gasteiger partial charge in [0.1, 0.15) is 6.04 Å². The van der Waals surface area contributed by atoms with Gasteiger partial charge in [0.2, 0.25) is 5.91 Å². The van der Waals surface area contributed by atoms with Crippen molar-refractivity contribution in [2.75, 3.05) is 19.0 Å². The van der Waals surface area contributed by atoms with Crippen LogP contribution in [0.4, 0.5) is 5.69 Å². The number of nitrogens with one attached hydrogen (secondary N) is 1. The van der Waals surface area contributed by atoms with E-state index < -0.39 is 6.04 Å². The van der Waals surface area contributed by atoms with Gasteiger partial charge in [-0.1, -0.05) is 0 Å². The number of methoxy groups -OCH3 is 1. The molecule has 6 heteroatoms. The van der Waals surface area contributed by atoms with E-state index in [9.17, 15) is 4.79 Å². The Labute approximate surface area is 103 Å². The van der Waals surface area contributed by atoms with Crippen molar-refractivity contribution in [3.63, 3.8) is 0 Å². The fourth-order valence-electron chi connectivity index (χ4n) is 1.43. The van der Waals surface area contributed by atoms with Crippen LogP contribution in [0.5, 0.6) is 0 Å². The highest BCUT2D eigenvalue weighted by atomic mass is 32.1. The van der Waals surface area contributed by atoms with Crippen molar-refractivity contribution in [1.82, 2.24) is 4.98 Å². The van der Waals surface area contributed by atoms with Crippen molar-refractivity contribution in [3.05, 3.63) is 23.7 Å². The Hall–Kier alpha value is -1.50. The summed E-state index contributed by atoms with van der Waals surface area (Å²) in [6.45, 7) is 0.199. The number of carbonyl (C=O) groups is 1. The summed E-state index contributed by atoms with van der Waals surface area (Å²) in [5, 5.41) is 2.73. The first-order chi connectivity index (χ1) is 8.20. The third-order valence-electron chi connectivity index (χ3n) is 2.28. The highest BCUT2D eigenvalue weighted by molar-refractivity contribution is 7.16. The first kappa shape index (κ1) is 12.0. The van der Waals surface area contributed by atoms with Gasteiger partial charge in [0.15, 0.2) is 0 Å². The zero-order chi connectivity index (χ0) is 12.3. The first-order valence-corrected chi connectivity index (χ1v) is 5.97. The van der Waals surface area contributed by atoms with Crippen LogP contribution in [-0.2, 0) is 9.53 Å². The Morgan fingerprint density at radius 2 is 2.47 bits per heavy atom. The van der Waals surface area contributed by atoms with Crippen molar-refractivity contribution in [3.8, 4) is 0 Å². The van der Waals surface area contributed by atoms with Crippen molar-refractivity contribution in [2.45, 2.75) is 6.04 Å². The summed E-state index contributed by atoms with van der Waals surface area (Å²) in [6.07, 6.45) is 0. The number of nitrogens with two attached hydrogens (primary N) is 1. The minimum absolute atomic E-state index is 0.199. The molecule has 1 atom stereocenters. The molecule has 0 fully saturated rings. The smallest absolute Gasteiger partial charge is 0.243 e. The molecule has 3 N–H and O–H groups in total. The van der Waals surface area contributed by atoms with Crippen LogP contribution in [0.3, 0.4) is 0 Å². The van der Waals surface area contributed by atoms with Gasteiger partial charge in [0.05, 0.1) is 22.3 Å². The maximum absolute atomic E-state index is 11.6. The van der Waals surface area contributed by atoms with Gasteiger partial charge < -0.3 is 15.8 Å². The third-order valence-corrected chi connectivity index (χ3v) is 3.09. The summed E-state index contributed by atoms with van der Waals surface area (Å²) >= 11 is 1.56. The van der Waals surface area contributed by atoms with Crippen molar-refractivity contribution in [2.24, 2.45) is 5.73 Å². The van der Waals surface area contributed by atoms with Crippen LogP contribution in [0.2, 0.25) is 0 Å². The maximum Gasteiger partial charge on any atom is 0.243 e. The summed E-state index contributed by atoms with van der Waals surface area (Å²) in [4.78, 5) is 15.8. The number of ether oxygens (including phenoxy) is 1. The lowest BCUT2D eigenvalue weighted by atomic mass is 10.2. The standard InChI is InChI=1S/C11H13N3O2S/c1-16-5-8(12)11(15)14-7-2-3-10-9(4-7)13-6-17-10/h2-4,6,8H,5,12H2,1H3,(H,14,15). The van der Waals surface area contributed by atoms with Crippen LogP contribution >= 0.6 is 11.3 Å². The Kier molecular flexibility index (Phi) is 3.68. The van der Waals surface area contributed by atoms with Gasteiger partial charge in [-0.25, -0.2) is 4.98 Å². The lowest BCUT2D eigenvalue weighted by Gasteiger charge is -2.10. The Morgan fingerprint density at radius 3 is 3.24 bits per heavy atom. The summed E-state index contributed by atoms with van der Waals surface area (Å²) in [5.74, 6) is -0.263. The number of aromatic nitrogens is 1. The zero-order valence-corrected chi connectivity index (χ0v) is 10.2. The molecule has 1 heterocycles. The van der Waals surface area contributed by atoms with Crippen LogP contribution in [0, 0.1) is 0 Å². The zero-order valence-electron chi connectivity index (χ0n) is 9.34. The highest BCUT2D eigenvalue weighted by Crippen LogP contribution is 2.21. The van der Waals surface area contributed by atoms with E-state index in [-0.39, 0.29) is 12.5 Å². The number of anilines is 1. The first-order valence-electron chi connectivity index (χ1n) is 5.09. The van der Waals surface area contributed by atoms with E-state index in [1.54, 1.807) is 16.8 Å². The number of carbonyl (C=O) groups excluding carboxylic acids is 1. The van der Waals surface area contributed by atoms with Crippen molar-refractivity contribution < 1.29 is 9.53 Å². The van der Waals surface area contributed by atoms with Gasteiger partial charge >= 0.3 is 0 Å². The molecule has 0 aliphatic heterocycles. The summed E-state index contributed by atoms with van der Waals surface area (Å²) in [7, 11) is 1.51. The lowest BCUT2D eigenvalue weighted by Crippen LogP contribution is -2.39. The Bertz CT molecular complexity index is 526. The average Bonchev–Trinajstić information content (AvgIpc) is 2.76. The molecule has 1 amide bonds. The third kappa shape index (κ3) is 2.79. The lowest BCUT2D eigenvalue weighted by molar-refractivity contribution is -0.118. The van der Waals surface area contributed by atoms with Crippen LogP contribution in [0.1, 0.15) is 0 Å². The largest absolute Gasteiger partial charge is 0.383 e. The molecule has 2 aromatic rings. The molecule has 1 aromatic carbocycles. The molecule has 0 spiro atoms. The summed E-state index contributed by atoms with van der Waals surface area (Å²) in [6, 6.07) is 4.91. The number of amides is 1. The normalized spacial score (nSPS) is 12.6. The second kappa shape index (κ2) is 5.22. The van der Waals surface area contributed by atoms with Crippen LogP contribution in [-0.4, -0.2) is 30.6 Å². The summed E-state index contributed by atoms with van der Waals surface area (Å²) in [5.41, 5.74) is 8.95. The molecule has 0 saturated carbocycles. The van der Waals surface area contributed by atoms with E-state index in [1.807, 2.05) is 18.2 Å². The van der Waals surface area contributed by atoms with Crippen molar-refractivity contribution in [1.29, 1.82) is 0 Å². The molecule has 1 unspecified atom stereocenters. The number of thiazole rings is 1. The highest BCUT2D eigenvalue weighted by Gasteiger charge is 2.13. The molecule has 0 radical (unpaired) electrons. The SMILES string of the molecule is COCC(N)C(=O)Nc1ccc2scnc2c1. The number of fused-ring (bicyclic) bond motifs is 1. The molecule has 0 bridgehead atoms. The van der Waals surface area contributed by atoms with Crippen LogP contribution in [0.25, 0.3) is 10.2 Å². The van der Waals surface area contributed by atoms with Gasteiger partial charge in [0.25, 0.3) is 0 Å². The van der Waals surface area contributed by atoms with E-state index in [2.05, 4.69) is 10.3 Å². The van der Waals surface area contributed by atoms with Crippen molar-refractivity contribution >= 4 is 33.1 Å². The molecule has 5 nitrogen and oxygen atoms in total. The number of nitrogens with zero attached hydrogens (tertiary/aromatic N) is 1. The molecule has 0 aliphatic rings. The van der Waals surface area contributed by atoms with E-state index >= 15 is 0 Å².